The second-order valence-corrected chi connectivity index (χ2v) is 6.90. The van der Waals surface area contributed by atoms with Crippen LogP contribution in [0.2, 0.25) is 0 Å². The summed E-state index contributed by atoms with van der Waals surface area (Å²) in [6, 6.07) is 0.252. The molecule has 2 N–H and O–H groups in total. The predicted octanol–water partition coefficient (Wildman–Crippen LogP) is 0.259. The van der Waals surface area contributed by atoms with Crippen molar-refractivity contribution in [2.24, 2.45) is 11.8 Å². The molecular formula is C12H22N2O2S. The molecule has 2 aliphatic heterocycles. The van der Waals surface area contributed by atoms with Crippen LogP contribution in [0, 0.1) is 11.8 Å². The summed E-state index contributed by atoms with van der Waals surface area (Å²) in [6.07, 6.45) is 2.68. The molecule has 2 aliphatic rings. The number of rotatable bonds is 2. The van der Waals surface area contributed by atoms with Gasteiger partial charge in [0.05, 0.1) is 0 Å². The Morgan fingerprint density at radius 3 is 2.65 bits per heavy atom. The summed E-state index contributed by atoms with van der Waals surface area (Å²) in [7, 11) is -0.649. The first-order valence-electron chi connectivity index (χ1n) is 6.53. The SMILES string of the molecule is CC1CNCCC1C(=O)NC1CCS(=O)CC1. The van der Waals surface area contributed by atoms with Gasteiger partial charge in [-0.1, -0.05) is 6.92 Å². The molecule has 0 aliphatic carbocycles. The zero-order valence-corrected chi connectivity index (χ0v) is 11.2. The van der Waals surface area contributed by atoms with Crippen molar-refractivity contribution >= 4 is 16.7 Å². The molecule has 0 radical (unpaired) electrons. The number of hydrogen-bond donors (Lipinski definition) is 2. The number of carbonyl (C=O) groups excluding carboxylic acids is 1. The van der Waals surface area contributed by atoms with E-state index in [1.807, 2.05) is 0 Å². The molecule has 17 heavy (non-hydrogen) atoms. The number of nitrogens with one attached hydrogen (secondary N) is 2. The zero-order valence-electron chi connectivity index (χ0n) is 10.4. The van der Waals surface area contributed by atoms with E-state index in [4.69, 9.17) is 0 Å². The van der Waals surface area contributed by atoms with Crippen LogP contribution in [0.15, 0.2) is 0 Å². The van der Waals surface area contributed by atoms with Crippen LogP contribution in [0.25, 0.3) is 0 Å². The first-order chi connectivity index (χ1) is 8.16. The van der Waals surface area contributed by atoms with Crippen LogP contribution < -0.4 is 10.6 Å². The minimum absolute atomic E-state index is 0.156. The lowest BCUT2D eigenvalue weighted by Gasteiger charge is -2.31. The molecule has 0 bridgehead atoms. The van der Waals surface area contributed by atoms with Crippen molar-refractivity contribution in [1.29, 1.82) is 0 Å². The zero-order chi connectivity index (χ0) is 12.3. The number of carbonyl (C=O) groups is 1. The van der Waals surface area contributed by atoms with Gasteiger partial charge in [-0.2, -0.15) is 0 Å². The summed E-state index contributed by atoms with van der Waals surface area (Å²) in [5.41, 5.74) is 0. The highest BCUT2D eigenvalue weighted by atomic mass is 32.2. The molecule has 0 aromatic heterocycles. The van der Waals surface area contributed by atoms with Gasteiger partial charge in [0.15, 0.2) is 0 Å². The van der Waals surface area contributed by atoms with Crippen LogP contribution >= 0.6 is 0 Å². The van der Waals surface area contributed by atoms with Crippen LogP contribution in [0.1, 0.15) is 26.2 Å². The lowest BCUT2D eigenvalue weighted by atomic mass is 9.87. The van der Waals surface area contributed by atoms with Crippen LogP contribution in [-0.2, 0) is 15.6 Å². The second kappa shape index (κ2) is 5.96. The quantitative estimate of drug-likeness (QED) is 0.747. The Hall–Kier alpha value is -0.420. The summed E-state index contributed by atoms with van der Waals surface area (Å²) in [6.45, 7) is 4.01. The normalized spacial score (nSPS) is 38.6. The van der Waals surface area contributed by atoms with Gasteiger partial charge in [0.1, 0.15) is 0 Å². The van der Waals surface area contributed by atoms with E-state index in [9.17, 15) is 9.00 Å². The Kier molecular flexibility index (Phi) is 4.56. The predicted molar refractivity (Wildman–Crippen MR) is 69.2 cm³/mol. The van der Waals surface area contributed by atoms with Crippen molar-refractivity contribution in [3.63, 3.8) is 0 Å². The van der Waals surface area contributed by atoms with Gasteiger partial charge in [-0.05, 0) is 38.3 Å². The fourth-order valence-electron chi connectivity index (χ4n) is 2.65. The highest BCUT2D eigenvalue weighted by molar-refractivity contribution is 7.85. The fourth-order valence-corrected chi connectivity index (χ4v) is 3.95. The van der Waals surface area contributed by atoms with Gasteiger partial charge in [0, 0.05) is 34.3 Å². The van der Waals surface area contributed by atoms with E-state index in [-0.39, 0.29) is 17.9 Å². The summed E-state index contributed by atoms with van der Waals surface area (Å²) in [4.78, 5) is 12.1. The third-order valence-corrected chi connectivity index (χ3v) is 5.24. The van der Waals surface area contributed by atoms with Crippen LogP contribution in [0.5, 0.6) is 0 Å². The van der Waals surface area contributed by atoms with Gasteiger partial charge in [-0.3, -0.25) is 9.00 Å². The third-order valence-electron chi connectivity index (χ3n) is 3.86. The smallest absolute Gasteiger partial charge is 0.223 e. The van der Waals surface area contributed by atoms with Crippen LogP contribution in [0.4, 0.5) is 0 Å². The Balaban J connectivity index is 1.81. The van der Waals surface area contributed by atoms with Crippen molar-refractivity contribution in [1.82, 2.24) is 10.6 Å². The van der Waals surface area contributed by atoms with E-state index in [0.29, 0.717) is 5.92 Å². The van der Waals surface area contributed by atoms with Gasteiger partial charge >= 0.3 is 0 Å². The molecule has 2 unspecified atom stereocenters. The highest BCUT2D eigenvalue weighted by Crippen LogP contribution is 2.19. The molecule has 2 heterocycles. The van der Waals surface area contributed by atoms with Crippen LogP contribution in [-0.4, -0.2) is 40.8 Å². The molecular weight excluding hydrogens is 236 g/mol. The minimum atomic E-state index is -0.649. The molecule has 4 nitrogen and oxygen atoms in total. The Labute approximate surface area is 105 Å². The highest BCUT2D eigenvalue weighted by Gasteiger charge is 2.29. The lowest BCUT2D eigenvalue weighted by molar-refractivity contribution is -0.128. The van der Waals surface area contributed by atoms with Crippen molar-refractivity contribution in [2.75, 3.05) is 24.6 Å². The Bertz CT molecular complexity index is 299. The molecule has 0 saturated carbocycles. The molecule has 2 atom stereocenters. The van der Waals surface area contributed by atoms with Gasteiger partial charge in [-0.25, -0.2) is 0 Å². The first-order valence-corrected chi connectivity index (χ1v) is 8.01. The minimum Gasteiger partial charge on any atom is -0.353 e. The maximum Gasteiger partial charge on any atom is 0.223 e. The van der Waals surface area contributed by atoms with Crippen molar-refractivity contribution in [2.45, 2.75) is 32.2 Å². The molecule has 0 aromatic carbocycles. The van der Waals surface area contributed by atoms with E-state index in [1.54, 1.807) is 0 Å². The maximum absolute atomic E-state index is 12.1. The first kappa shape index (κ1) is 13.0. The van der Waals surface area contributed by atoms with Gasteiger partial charge in [0.25, 0.3) is 0 Å². The summed E-state index contributed by atoms with van der Waals surface area (Å²) < 4.78 is 11.2. The molecule has 98 valence electrons. The third kappa shape index (κ3) is 3.52. The van der Waals surface area contributed by atoms with E-state index in [0.717, 1.165) is 43.9 Å². The van der Waals surface area contributed by atoms with E-state index in [2.05, 4.69) is 17.6 Å². The molecule has 0 spiro atoms. The molecule has 1 amide bonds. The topological polar surface area (TPSA) is 58.2 Å². The van der Waals surface area contributed by atoms with Gasteiger partial charge < -0.3 is 10.6 Å². The van der Waals surface area contributed by atoms with Gasteiger partial charge in [-0.15, -0.1) is 0 Å². The Morgan fingerprint density at radius 1 is 1.29 bits per heavy atom. The molecule has 2 rings (SSSR count). The lowest BCUT2D eigenvalue weighted by Crippen LogP contribution is -2.47. The van der Waals surface area contributed by atoms with E-state index < -0.39 is 10.8 Å². The maximum atomic E-state index is 12.1. The van der Waals surface area contributed by atoms with Crippen molar-refractivity contribution in [3.8, 4) is 0 Å². The summed E-state index contributed by atoms with van der Waals surface area (Å²) in [5.74, 6) is 2.27. The van der Waals surface area contributed by atoms with Gasteiger partial charge in [0.2, 0.25) is 5.91 Å². The number of piperidine rings is 1. The van der Waals surface area contributed by atoms with E-state index >= 15 is 0 Å². The average molecular weight is 258 g/mol. The standard InChI is InChI=1S/C12H22N2O2S/c1-9-8-13-5-2-11(9)12(15)14-10-3-6-17(16)7-4-10/h9-11,13H,2-8H2,1H3,(H,14,15). The van der Waals surface area contributed by atoms with Crippen molar-refractivity contribution < 1.29 is 9.00 Å². The molecule has 2 saturated heterocycles. The monoisotopic (exact) mass is 258 g/mol. The summed E-state index contributed by atoms with van der Waals surface area (Å²) >= 11 is 0. The van der Waals surface area contributed by atoms with Crippen molar-refractivity contribution in [3.05, 3.63) is 0 Å². The van der Waals surface area contributed by atoms with E-state index in [1.165, 1.54) is 0 Å². The molecule has 0 aromatic rings. The summed E-state index contributed by atoms with van der Waals surface area (Å²) in [5, 5.41) is 6.45. The van der Waals surface area contributed by atoms with Crippen LogP contribution in [0.3, 0.4) is 0 Å². The largest absolute Gasteiger partial charge is 0.353 e. The molecule has 5 heteroatoms. The molecule has 2 fully saturated rings. The number of amides is 1. The second-order valence-electron chi connectivity index (χ2n) is 5.21. The fraction of sp³-hybridized carbons (Fsp3) is 0.917. The average Bonchev–Trinajstić information content (AvgIpc) is 2.32. The Morgan fingerprint density at radius 2 is 2.00 bits per heavy atom. The number of hydrogen-bond acceptors (Lipinski definition) is 3.